The molecule has 0 bridgehead atoms. The van der Waals surface area contributed by atoms with Crippen LogP contribution >= 0.6 is 0 Å². The van der Waals surface area contributed by atoms with Gasteiger partial charge in [0.1, 0.15) is 29.5 Å². The highest BCUT2D eigenvalue weighted by molar-refractivity contribution is 5.71. The van der Waals surface area contributed by atoms with Gasteiger partial charge in [0.15, 0.2) is 5.82 Å². The summed E-state index contributed by atoms with van der Waals surface area (Å²) in [5.74, 6) is 2.93. The van der Waals surface area contributed by atoms with E-state index in [1.807, 2.05) is 49.5 Å². The first-order valence-electron chi connectivity index (χ1n) is 8.17. The summed E-state index contributed by atoms with van der Waals surface area (Å²) in [5.41, 5.74) is 2.67. The SMILES string of the molecule is CNc1nccnc1-c1cccc(OCc2cc(OC)cc(OC)c2)c1. The number of anilines is 1. The number of hydrogen-bond donors (Lipinski definition) is 1. The van der Waals surface area contributed by atoms with E-state index in [0.717, 1.165) is 39.9 Å². The van der Waals surface area contributed by atoms with Crippen molar-refractivity contribution in [3.8, 4) is 28.5 Å². The molecule has 0 unspecified atom stereocenters. The lowest BCUT2D eigenvalue weighted by molar-refractivity contribution is 0.304. The van der Waals surface area contributed by atoms with Gasteiger partial charge in [0.05, 0.1) is 14.2 Å². The topological polar surface area (TPSA) is 65.5 Å². The lowest BCUT2D eigenvalue weighted by atomic mass is 10.1. The summed E-state index contributed by atoms with van der Waals surface area (Å²) in [6, 6.07) is 13.5. The summed E-state index contributed by atoms with van der Waals surface area (Å²) in [5, 5.41) is 3.05. The Bertz CT molecular complexity index is 861. The molecule has 6 heteroatoms. The van der Waals surface area contributed by atoms with Crippen LogP contribution < -0.4 is 19.5 Å². The number of ether oxygens (including phenoxy) is 3. The number of nitrogens with one attached hydrogen (secondary N) is 1. The van der Waals surface area contributed by atoms with Crippen LogP contribution in [0.15, 0.2) is 54.9 Å². The maximum absolute atomic E-state index is 5.95. The minimum absolute atomic E-state index is 0.399. The Balaban J connectivity index is 1.80. The van der Waals surface area contributed by atoms with Crippen LogP contribution in [-0.2, 0) is 6.61 Å². The van der Waals surface area contributed by atoms with Gasteiger partial charge in [0.25, 0.3) is 0 Å². The Morgan fingerprint density at radius 1 is 0.885 bits per heavy atom. The Morgan fingerprint density at radius 2 is 1.62 bits per heavy atom. The third-order valence-electron chi connectivity index (χ3n) is 3.86. The van der Waals surface area contributed by atoms with Crippen LogP contribution in [0.4, 0.5) is 5.82 Å². The number of rotatable bonds is 7. The van der Waals surface area contributed by atoms with Crippen molar-refractivity contribution in [2.24, 2.45) is 0 Å². The normalized spacial score (nSPS) is 10.3. The molecule has 0 radical (unpaired) electrons. The number of methoxy groups -OCH3 is 2. The van der Waals surface area contributed by atoms with E-state index in [-0.39, 0.29) is 0 Å². The predicted molar refractivity (Wildman–Crippen MR) is 101 cm³/mol. The molecule has 0 saturated carbocycles. The van der Waals surface area contributed by atoms with Crippen LogP contribution in [0.25, 0.3) is 11.3 Å². The van der Waals surface area contributed by atoms with E-state index in [1.54, 1.807) is 26.6 Å². The minimum atomic E-state index is 0.399. The van der Waals surface area contributed by atoms with Crippen LogP contribution in [0.5, 0.6) is 17.2 Å². The van der Waals surface area contributed by atoms with Crippen molar-refractivity contribution >= 4 is 5.82 Å². The highest BCUT2D eigenvalue weighted by Gasteiger charge is 2.08. The summed E-state index contributed by atoms with van der Waals surface area (Å²) in [6.45, 7) is 0.399. The largest absolute Gasteiger partial charge is 0.497 e. The maximum Gasteiger partial charge on any atom is 0.152 e. The van der Waals surface area contributed by atoms with Gasteiger partial charge in [-0.05, 0) is 29.8 Å². The lowest BCUT2D eigenvalue weighted by Gasteiger charge is -2.11. The lowest BCUT2D eigenvalue weighted by Crippen LogP contribution is -1.99. The third kappa shape index (κ3) is 4.03. The molecule has 6 nitrogen and oxygen atoms in total. The molecule has 0 amide bonds. The second-order valence-electron chi connectivity index (χ2n) is 5.54. The molecule has 134 valence electrons. The quantitative estimate of drug-likeness (QED) is 0.699. The molecule has 26 heavy (non-hydrogen) atoms. The fourth-order valence-electron chi connectivity index (χ4n) is 2.58. The zero-order chi connectivity index (χ0) is 18.4. The molecule has 0 aliphatic heterocycles. The number of nitrogens with zero attached hydrogens (tertiary/aromatic N) is 2. The first-order valence-corrected chi connectivity index (χ1v) is 8.17. The van der Waals surface area contributed by atoms with Gasteiger partial charge in [0, 0.05) is 31.1 Å². The second-order valence-corrected chi connectivity index (χ2v) is 5.54. The molecule has 3 aromatic rings. The molecule has 0 aliphatic rings. The summed E-state index contributed by atoms with van der Waals surface area (Å²) >= 11 is 0. The molecular formula is C20H21N3O3. The van der Waals surface area contributed by atoms with Crippen LogP contribution in [0.2, 0.25) is 0 Å². The van der Waals surface area contributed by atoms with Gasteiger partial charge in [-0.25, -0.2) is 4.98 Å². The summed E-state index contributed by atoms with van der Waals surface area (Å²) in [4.78, 5) is 8.70. The highest BCUT2D eigenvalue weighted by atomic mass is 16.5. The number of benzene rings is 2. The summed E-state index contributed by atoms with van der Waals surface area (Å²) in [6.07, 6.45) is 3.33. The van der Waals surface area contributed by atoms with Gasteiger partial charge in [0.2, 0.25) is 0 Å². The van der Waals surface area contributed by atoms with E-state index >= 15 is 0 Å². The van der Waals surface area contributed by atoms with Crippen LogP contribution in [0, 0.1) is 0 Å². The van der Waals surface area contributed by atoms with Crippen molar-refractivity contribution in [3.05, 3.63) is 60.4 Å². The van der Waals surface area contributed by atoms with Crippen molar-refractivity contribution < 1.29 is 14.2 Å². The summed E-state index contributed by atoms with van der Waals surface area (Å²) < 4.78 is 16.5. The molecule has 3 rings (SSSR count). The van der Waals surface area contributed by atoms with Crippen LogP contribution in [-0.4, -0.2) is 31.2 Å². The van der Waals surface area contributed by atoms with Crippen LogP contribution in [0.1, 0.15) is 5.56 Å². The Hall–Kier alpha value is -3.28. The second kappa shape index (κ2) is 8.20. The standard InChI is InChI=1S/C20H21N3O3/c1-21-20-19(22-7-8-23-20)15-5-4-6-16(11-15)26-13-14-9-17(24-2)12-18(10-14)25-3/h4-12H,13H2,1-3H3,(H,21,23). The molecule has 0 fully saturated rings. The van der Waals surface area contributed by atoms with Gasteiger partial charge in [-0.2, -0.15) is 0 Å². The van der Waals surface area contributed by atoms with Gasteiger partial charge in [-0.1, -0.05) is 12.1 Å². The third-order valence-corrected chi connectivity index (χ3v) is 3.86. The Labute approximate surface area is 152 Å². The molecule has 1 aromatic heterocycles. The van der Waals surface area contributed by atoms with Gasteiger partial charge >= 0.3 is 0 Å². The van der Waals surface area contributed by atoms with E-state index in [0.29, 0.717) is 6.61 Å². The van der Waals surface area contributed by atoms with Crippen molar-refractivity contribution in [1.82, 2.24) is 9.97 Å². The first kappa shape index (κ1) is 17.5. The van der Waals surface area contributed by atoms with E-state index in [9.17, 15) is 0 Å². The van der Waals surface area contributed by atoms with Crippen molar-refractivity contribution in [2.75, 3.05) is 26.6 Å². The highest BCUT2D eigenvalue weighted by Crippen LogP contribution is 2.28. The summed E-state index contributed by atoms with van der Waals surface area (Å²) in [7, 11) is 5.08. The molecule has 0 atom stereocenters. The van der Waals surface area contributed by atoms with Gasteiger partial charge in [-0.3, -0.25) is 4.98 Å². The molecule has 0 saturated heterocycles. The first-order chi connectivity index (χ1) is 12.7. The van der Waals surface area contributed by atoms with Crippen molar-refractivity contribution in [2.45, 2.75) is 6.61 Å². The van der Waals surface area contributed by atoms with Crippen LogP contribution in [0.3, 0.4) is 0 Å². The van der Waals surface area contributed by atoms with E-state index in [2.05, 4.69) is 15.3 Å². The number of hydrogen-bond acceptors (Lipinski definition) is 6. The molecule has 1 N–H and O–H groups in total. The van der Waals surface area contributed by atoms with Gasteiger partial charge < -0.3 is 19.5 Å². The predicted octanol–water partition coefficient (Wildman–Crippen LogP) is 3.78. The monoisotopic (exact) mass is 351 g/mol. The Morgan fingerprint density at radius 3 is 2.31 bits per heavy atom. The van der Waals surface area contributed by atoms with Crippen molar-refractivity contribution in [3.63, 3.8) is 0 Å². The molecule has 0 aliphatic carbocycles. The average Bonchev–Trinajstić information content (AvgIpc) is 2.72. The fraction of sp³-hybridized carbons (Fsp3) is 0.200. The fourth-order valence-corrected chi connectivity index (χ4v) is 2.58. The number of aromatic nitrogens is 2. The Kier molecular flexibility index (Phi) is 5.53. The van der Waals surface area contributed by atoms with E-state index < -0.39 is 0 Å². The van der Waals surface area contributed by atoms with E-state index in [1.165, 1.54) is 0 Å². The molecular weight excluding hydrogens is 330 g/mol. The molecule has 2 aromatic carbocycles. The minimum Gasteiger partial charge on any atom is -0.497 e. The maximum atomic E-state index is 5.95. The van der Waals surface area contributed by atoms with E-state index in [4.69, 9.17) is 14.2 Å². The zero-order valence-corrected chi connectivity index (χ0v) is 15.0. The zero-order valence-electron chi connectivity index (χ0n) is 15.0. The van der Waals surface area contributed by atoms with Crippen molar-refractivity contribution in [1.29, 1.82) is 0 Å². The smallest absolute Gasteiger partial charge is 0.152 e. The van der Waals surface area contributed by atoms with Gasteiger partial charge in [-0.15, -0.1) is 0 Å². The molecule has 0 spiro atoms. The average molecular weight is 351 g/mol. The molecule has 1 heterocycles.